The molecule has 15 rings (SSSR count). The molecule has 0 atom stereocenters. The number of hydrogen-bond acceptors (Lipinski definition) is 3. The van der Waals surface area contributed by atoms with E-state index >= 15 is 0 Å². The Kier molecular flexibility index (Phi) is 8.92. The number of fused-ring (bicyclic) bond motifs is 19. The van der Waals surface area contributed by atoms with E-state index in [1.807, 2.05) is 34.0 Å². The first-order chi connectivity index (χ1) is 35.3. The minimum atomic E-state index is -0.315. The van der Waals surface area contributed by atoms with Gasteiger partial charge < -0.3 is 0 Å². The lowest BCUT2D eigenvalue weighted by molar-refractivity contribution is 0.629. The summed E-state index contributed by atoms with van der Waals surface area (Å²) >= 11 is 5.71. The van der Waals surface area contributed by atoms with Crippen molar-refractivity contribution in [3.63, 3.8) is 0 Å². The summed E-state index contributed by atoms with van der Waals surface area (Å²) in [5.41, 5.74) is 23.6. The fourth-order valence-electron chi connectivity index (χ4n) is 14.0. The second-order valence-corrected chi connectivity index (χ2v) is 25.5. The van der Waals surface area contributed by atoms with Gasteiger partial charge in [-0.1, -0.05) is 194 Å². The monoisotopic (exact) mass is 988 g/mol. The number of rotatable bonds is 5. The first-order valence-corrected chi connectivity index (χ1v) is 28.1. The topological polar surface area (TPSA) is 0 Å². The van der Waals surface area contributed by atoms with Gasteiger partial charge >= 0.3 is 0 Å². The minimum absolute atomic E-state index is 0.254. The molecule has 0 radical (unpaired) electrons. The molecule has 0 spiro atoms. The van der Waals surface area contributed by atoms with Crippen molar-refractivity contribution in [1.29, 1.82) is 0 Å². The molecule has 0 saturated heterocycles. The van der Waals surface area contributed by atoms with Gasteiger partial charge in [-0.2, -0.15) is 0 Å². The van der Waals surface area contributed by atoms with Crippen LogP contribution in [0.2, 0.25) is 0 Å². The molecule has 0 nitrogen and oxygen atoms in total. The molecule has 3 heteroatoms. The van der Waals surface area contributed by atoms with E-state index in [-0.39, 0.29) is 16.2 Å². The van der Waals surface area contributed by atoms with Crippen molar-refractivity contribution in [2.45, 2.75) is 64.7 Å². The van der Waals surface area contributed by atoms with E-state index in [0.717, 1.165) is 5.57 Å². The predicted molar refractivity (Wildman–Crippen MR) is 321 cm³/mol. The van der Waals surface area contributed by atoms with Crippen LogP contribution in [0.3, 0.4) is 0 Å². The van der Waals surface area contributed by atoms with Gasteiger partial charge in [0.15, 0.2) is 0 Å². The first kappa shape index (κ1) is 43.4. The van der Waals surface area contributed by atoms with Gasteiger partial charge in [0.2, 0.25) is 0 Å². The molecular formula is C70H52S3. The maximum atomic E-state index is 4.78. The Bertz CT molecular complexity index is 4550. The minimum Gasteiger partial charge on any atom is -0.135 e. The van der Waals surface area contributed by atoms with Gasteiger partial charge in [-0.25, -0.2) is 0 Å². The number of benzene rings is 9. The van der Waals surface area contributed by atoms with Crippen LogP contribution in [-0.2, 0) is 16.2 Å². The lowest BCUT2D eigenvalue weighted by Gasteiger charge is -2.32. The second-order valence-electron chi connectivity index (χ2n) is 22.4. The molecule has 0 bridgehead atoms. The Morgan fingerprint density at radius 2 is 0.822 bits per heavy atom. The van der Waals surface area contributed by atoms with Crippen LogP contribution >= 0.6 is 34.0 Å². The van der Waals surface area contributed by atoms with E-state index < -0.39 is 0 Å². The molecule has 12 aromatic rings. The van der Waals surface area contributed by atoms with Gasteiger partial charge in [0, 0.05) is 76.8 Å². The largest absolute Gasteiger partial charge is 0.135 e. The lowest BCUT2D eigenvalue weighted by Crippen LogP contribution is -2.23. The molecule has 0 N–H and O–H groups in total. The Labute approximate surface area is 438 Å². The molecule has 0 aliphatic heterocycles. The van der Waals surface area contributed by atoms with E-state index in [1.54, 1.807) is 0 Å². The van der Waals surface area contributed by atoms with Crippen molar-refractivity contribution in [3.8, 4) is 44.5 Å². The van der Waals surface area contributed by atoms with Crippen LogP contribution in [0, 0.1) is 0 Å². The van der Waals surface area contributed by atoms with Crippen molar-refractivity contribution in [1.82, 2.24) is 0 Å². The molecule has 0 amide bonds. The van der Waals surface area contributed by atoms with Crippen LogP contribution in [-0.4, -0.2) is 0 Å². The fraction of sp³-hybridized carbons (Fsp3) is 0.143. The van der Waals surface area contributed by atoms with Crippen LogP contribution in [0.1, 0.15) is 87.4 Å². The summed E-state index contributed by atoms with van der Waals surface area (Å²) in [5, 5.41) is 7.96. The summed E-state index contributed by atoms with van der Waals surface area (Å²) in [7, 11) is 0. The molecule has 3 aliphatic rings. The third kappa shape index (κ3) is 5.76. The summed E-state index contributed by atoms with van der Waals surface area (Å²) in [5.74, 6) is 0. The standard InChI is InChI=1S/C70H52S3/c1-38(42-21-15-24-48-45-18-9-12-27-56(45)71-65(42)48)30-33-53-39(2)59-62(68(53,3)4)60-52-37-41(44-23-17-26-50-47-20-11-14-29-58(47)73-67(44)50)32-35-55(52)70(7,8)64(60)61-51-36-40(31-34-54(51)69(5,6)63(59)61)43-22-16-25-49-46-19-10-13-28-57(46)72-66(43)49/h9-37H,1H2,2-8H3/b33-30-. The highest BCUT2D eigenvalue weighted by Gasteiger charge is 2.52. The van der Waals surface area contributed by atoms with E-state index in [1.165, 1.54) is 155 Å². The number of hydrogen-bond donors (Lipinski definition) is 0. The van der Waals surface area contributed by atoms with Gasteiger partial charge in [0.25, 0.3) is 0 Å². The van der Waals surface area contributed by atoms with Gasteiger partial charge in [0.05, 0.1) is 0 Å². The SMILES string of the molecule is C=C(/C=C\C1=C(C)c2c(c3c(c4c2C(C)(C)c2ccc(-c5cccc6c5sc5ccccc56)cc2-4)C(C)(C)c2ccc(-c4cccc5c4sc4ccccc45)cc2-3)C1(C)C)c1cccc2c1sc1ccccc12. The Morgan fingerprint density at radius 1 is 0.411 bits per heavy atom. The van der Waals surface area contributed by atoms with E-state index in [9.17, 15) is 0 Å². The first-order valence-electron chi connectivity index (χ1n) is 25.7. The third-order valence-corrected chi connectivity index (χ3v) is 21.0. The zero-order chi connectivity index (χ0) is 49.4. The summed E-state index contributed by atoms with van der Waals surface area (Å²) in [6, 6.07) is 62.0. The van der Waals surface area contributed by atoms with Crippen molar-refractivity contribution < 1.29 is 0 Å². The smallest absolute Gasteiger partial charge is 0.0433 e. The highest BCUT2D eigenvalue weighted by molar-refractivity contribution is 7.27. The lowest BCUT2D eigenvalue weighted by atomic mass is 9.70. The van der Waals surface area contributed by atoms with Crippen LogP contribution < -0.4 is 0 Å². The zero-order valence-corrected chi connectivity index (χ0v) is 44.6. The quantitative estimate of drug-likeness (QED) is 0.151. The average Bonchev–Trinajstić information content (AvgIpc) is 4.21. The highest BCUT2D eigenvalue weighted by Crippen LogP contribution is 2.67. The maximum Gasteiger partial charge on any atom is 0.0433 e. The van der Waals surface area contributed by atoms with Gasteiger partial charge in [-0.05, 0) is 137 Å². The van der Waals surface area contributed by atoms with E-state index in [2.05, 4.69) is 224 Å². The predicted octanol–water partition coefficient (Wildman–Crippen LogP) is 21.1. The maximum absolute atomic E-state index is 4.78. The Hall–Kier alpha value is -7.14. The average molecular weight is 989 g/mol. The summed E-state index contributed by atoms with van der Waals surface area (Å²) < 4.78 is 8.00. The number of thiophene rings is 3. The molecule has 3 aromatic heterocycles. The molecule has 73 heavy (non-hydrogen) atoms. The molecular weight excluding hydrogens is 937 g/mol. The zero-order valence-electron chi connectivity index (χ0n) is 42.2. The fourth-order valence-corrected chi connectivity index (χ4v) is 17.8. The third-order valence-electron chi connectivity index (χ3n) is 17.4. The molecule has 3 aliphatic carbocycles. The highest BCUT2D eigenvalue weighted by atomic mass is 32.1. The molecule has 3 heterocycles. The molecule has 0 unspecified atom stereocenters. The summed E-state index contributed by atoms with van der Waals surface area (Å²) in [4.78, 5) is 0. The van der Waals surface area contributed by atoms with Crippen molar-refractivity contribution in [2.75, 3.05) is 0 Å². The van der Waals surface area contributed by atoms with Crippen LogP contribution in [0.4, 0.5) is 0 Å². The molecule has 9 aromatic carbocycles. The van der Waals surface area contributed by atoms with Crippen molar-refractivity contribution >= 4 is 106 Å². The number of allylic oxidation sites excluding steroid dienone is 5. The molecule has 350 valence electrons. The van der Waals surface area contributed by atoms with E-state index in [4.69, 9.17) is 6.58 Å². The normalized spacial score (nSPS) is 15.9. The van der Waals surface area contributed by atoms with E-state index in [0.29, 0.717) is 0 Å². The molecule has 0 fully saturated rings. The summed E-state index contributed by atoms with van der Waals surface area (Å²) in [6.45, 7) is 22.2. The van der Waals surface area contributed by atoms with Crippen molar-refractivity contribution in [2.24, 2.45) is 0 Å². The van der Waals surface area contributed by atoms with Crippen molar-refractivity contribution in [3.05, 3.63) is 227 Å². The Morgan fingerprint density at radius 3 is 1.33 bits per heavy atom. The van der Waals surface area contributed by atoms with Crippen LogP contribution in [0.15, 0.2) is 188 Å². The second kappa shape index (κ2) is 15.0. The van der Waals surface area contributed by atoms with Gasteiger partial charge in [-0.3, -0.25) is 0 Å². The van der Waals surface area contributed by atoms with Crippen LogP contribution in [0.5, 0.6) is 0 Å². The van der Waals surface area contributed by atoms with Gasteiger partial charge in [0.1, 0.15) is 0 Å². The van der Waals surface area contributed by atoms with Gasteiger partial charge in [-0.15, -0.1) is 34.0 Å². The summed E-state index contributed by atoms with van der Waals surface area (Å²) in [6.07, 6.45) is 4.75. The Balaban J connectivity index is 0.977. The molecule has 0 saturated carbocycles. The van der Waals surface area contributed by atoms with Crippen LogP contribution in [0.25, 0.3) is 116 Å².